The lowest BCUT2D eigenvalue weighted by Crippen LogP contribution is -2.22. The van der Waals surface area contributed by atoms with Crippen LogP contribution >= 0.6 is 0 Å². The normalized spacial score (nSPS) is 10.9. The second kappa shape index (κ2) is 6.52. The van der Waals surface area contributed by atoms with E-state index >= 15 is 0 Å². The summed E-state index contributed by atoms with van der Waals surface area (Å²) in [6.07, 6.45) is 1.28. The summed E-state index contributed by atoms with van der Waals surface area (Å²) in [4.78, 5) is 10.5. The predicted molar refractivity (Wildman–Crippen MR) is 50.2 cm³/mol. The van der Waals surface area contributed by atoms with E-state index in [1.165, 1.54) is 0 Å². The van der Waals surface area contributed by atoms with E-state index < -0.39 is 16.1 Å². The van der Waals surface area contributed by atoms with Crippen molar-refractivity contribution < 1.29 is 22.5 Å². The lowest BCUT2D eigenvalue weighted by molar-refractivity contribution is -0.138. The molecule has 7 heteroatoms. The van der Waals surface area contributed by atoms with Crippen LogP contribution in [0.4, 0.5) is 0 Å². The summed E-state index contributed by atoms with van der Waals surface area (Å²) in [5.41, 5.74) is 0. The summed E-state index contributed by atoms with van der Waals surface area (Å²) in [6.45, 7) is 3.53. The van der Waals surface area contributed by atoms with Gasteiger partial charge in [-0.2, -0.15) is 8.42 Å². The highest BCUT2D eigenvalue weighted by Gasteiger charge is 2.02. The van der Waals surface area contributed by atoms with Crippen molar-refractivity contribution in [3.63, 3.8) is 0 Å². The van der Waals surface area contributed by atoms with Gasteiger partial charge < -0.3 is 4.74 Å². The molecule has 14 heavy (non-hydrogen) atoms. The molecular formula is C7H13NO5S. The number of hydrogen-bond donors (Lipinski definition) is 2. The van der Waals surface area contributed by atoms with Crippen molar-refractivity contribution >= 4 is 16.1 Å². The van der Waals surface area contributed by atoms with E-state index in [-0.39, 0.29) is 18.9 Å². The van der Waals surface area contributed by atoms with Gasteiger partial charge in [0.2, 0.25) is 0 Å². The summed E-state index contributed by atoms with van der Waals surface area (Å²) in [5, 5.41) is 2.66. The zero-order chi connectivity index (χ0) is 11.0. The topological polar surface area (TPSA) is 92.7 Å². The van der Waals surface area contributed by atoms with Crippen molar-refractivity contribution in [2.24, 2.45) is 0 Å². The zero-order valence-electron chi connectivity index (χ0n) is 7.60. The Kier molecular flexibility index (Phi) is 6.09. The van der Waals surface area contributed by atoms with Gasteiger partial charge in [-0.25, -0.2) is 4.79 Å². The van der Waals surface area contributed by atoms with Gasteiger partial charge in [0.05, 0.1) is 5.75 Å². The highest BCUT2D eigenvalue weighted by atomic mass is 32.2. The molecule has 0 aliphatic carbocycles. The molecule has 6 nitrogen and oxygen atoms in total. The number of nitrogens with one attached hydrogen (secondary N) is 1. The number of esters is 1. The average molecular weight is 223 g/mol. The van der Waals surface area contributed by atoms with Crippen LogP contribution in [0.3, 0.4) is 0 Å². The van der Waals surface area contributed by atoms with Crippen LogP contribution in [0, 0.1) is 0 Å². The number of carbonyl (C=O) groups is 1. The molecule has 0 radical (unpaired) electrons. The van der Waals surface area contributed by atoms with Gasteiger partial charge in [0.1, 0.15) is 6.73 Å². The summed E-state index contributed by atoms with van der Waals surface area (Å²) in [6, 6.07) is 0. The van der Waals surface area contributed by atoms with Crippen LogP contribution in [0.25, 0.3) is 0 Å². The Hall–Kier alpha value is -0.920. The fourth-order valence-corrected chi connectivity index (χ4v) is 1.14. The minimum absolute atomic E-state index is 0.00364. The van der Waals surface area contributed by atoms with Gasteiger partial charge in [-0.05, 0) is 13.0 Å². The SMILES string of the molecule is C=CC(=O)OCNCCCS(=O)(=O)O. The van der Waals surface area contributed by atoms with Crippen LogP contribution in [-0.4, -0.2) is 38.0 Å². The lowest BCUT2D eigenvalue weighted by atomic mass is 10.5. The van der Waals surface area contributed by atoms with E-state index in [0.717, 1.165) is 6.08 Å². The monoisotopic (exact) mass is 223 g/mol. The van der Waals surface area contributed by atoms with E-state index in [4.69, 9.17) is 4.55 Å². The highest BCUT2D eigenvalue weighted by molar-refractivity contribution is 7.85. The largest absolute Gasteiger partial charge is 0.447 e. The molecule has 0 aromatic rings. The molecule has 0 spiro atoms. The van der Waals surface area contributed by atoms with Gasteiger partial charge >= 0.3 is 5.97 Å². The first-order valence-electron chi connectivity index (χ1n) is 3.91. The highest BCUT2D eigenvalue weighted by Crippen LogP contribution is 1.86. The van der Waals surface area contributed by atoms with Gasteiger partial charge in [-0.1, -0.05) is 6.58 Å². The maximum atomic E-state index is 10.5. The summed E-state index contributed by atoms with van der Waals surface area (Å²) in [7, 11) is -3.90. The van der Waals surface area contributed by atoms with Gasteiger partial charge in [0.25, 0.3) is 10.1 Å². The van der Waals surface area contributed by atoms with Crippen molar-refractivity contribution in [2.75, 3.05) is 19.0 Å². The Morgan fingerprint density at radius 3 is 2.71 bits per heavy atom. The first-order chi connectivity index (χ1) is 6.45. The van der Waals surface area contributed by atoms with Gasteiger partial charge in [-0.3, -0.25) is 9.87 Å². The first kappa shape index (κ1) is 13.1. The minimum Gasteiger partial charge on any atom is -0.447 e. The minimum atomic E-state index is -3.90. The van der Waals surface area contributed by atoms with Crippen LogP contribution < -0.4 is 5.32 Å². The van der Waals surface area contributed by atoms with Crippen LogP contribution in [0.1, 0.15) is 6.42 Å². The summed E-state index contributed by atoms with van der Waals surface area (Å²) in [5.74, 6) is -0.859. The third-order valence-electron chi connectivity index (χ3n) is 1.24. The molecular weight excluding hydrogens is 210 g/mol. The van der Waals surface area contributed by atoms with E-state index in [1.54, 1.807) is 0 Å². The molecule has 0 heterocycles. The van der Waals surface area contributed by atoms with Crippen LogP contribution in [0.2, 0.25) is 0 Å². The van der Waals surface area contributed by atoms with Crippen LogP contribution in [0.15, 0.2) is 12.7 Å². The molecule has 0 unspecified atom stereocenters. The third kappa shape index (κ3) is 9.17. The van der Waals surface area contributed by atoms with Crippen molar-refractivity contribution in [1.82, 2.24) is 5.32 Å². The molecule has 0 aliphatic heterocycles. The fraction of sp³-hybridized carbons (Fsp3) is 0.571. The Balaban J connectivity index is 3.31. The van der Waals surface area contributed by atoms with Crippen molar-refractivity contribution in [3.8, 4) is 0 Å². The molecule has 0 aliphatic rings. The van der Waals surface area contributed by atoms with Crippen LogP contribution in [-0.2, 0) is 19.6 Å². The number of carbonyl (C=O) groups excluding carboxylic acids is 1. The fourth-order valence-electron chi connectivity index (χ4n) is 0.633. The number of hydrogen-bond acceptors (Lipinski definition) is 5. The molecule has 0 saturated carbocycles. The standard InChI is InChI=1S/C7H13NO5S/c1-2-7(9)13-6-8-4-3-5-14(10,11)12/h2,8H,1,3-6H2,(H,10,11,12). The molecule has 0 rings (SSSR count). The summed E-state index contributed by atoms with van der Waals surface area (Å²) >= 11 is 0. The van der Waals surface area contributed by atoms with Crippen molar-refractivity contribution in [3.05, 3.63) is 12.7 Å². The summed E-state index contributed by atoms with van der Waals surface area (Å²) < 4.78 is 33.4. The number of ether oxygens (including phenoxy) is 1. The second-order valence-electron chi connectivity index (χ2n) is 2.45. The quantitative estimate of drug-likeness (QED) is 0.199. The van der Waals surface area contributed by atoms with Crippen molar-refractivity contribution in [2.45, 2.75) is 6.42 Å². The van der Waals surface area contributed by atoms with E-state index in [9.17, 15) is 13.2 Å². The molecule has 0 aromatic carbocycles. The lowest BCUT2D eigenvalue weighted by Gasteiger charge is -2.03. The first-order valence-corrected chi connectivity index (χ1v) is 5.51. The molecule has 2 N–H and O–H groups in total. The van der Waals surface area contributed by atoms with Gasteiger partial charge in [-0.15, -0.1) is 0 Å². The zero-order valence-corrected chi connectivity index (χ0v) is 8.42. The molecule has 0 amide bonds. The average Bonchev–Trinajstić information content (AvgIpc) is 2.08. The number of rotatable bonds is 7. The van der Waals surface area contributed by atoms with Crippen LogP contribution in [0.5, 0.6) is 0 Å². The maximum absolute atomic E-state index is 10.5. The maximum Gasteiger partial charge on any atom is 0.331 e. The predicted octanol–water partition coefficient (Wildman–Crippen LogP) is -0.459. The second-order valence-corrected chi connectivity index (χ2v) is 4.02. The van der Waals surface area contributed by atoms with E-state index in [0.29, 0.717) is 6.54 Å². The molecule has 0 bridgehead atoms. The Bertz CT molecular complexity index is 284. The van der Waals surface area contributed by atoms with Gasteiger partial charge in [0, 0.05) is 6.08 Å². The van der Waals surface area contributed by atoms with E-state index in [1.807, 2.05) is 0 Å². The Morgan fingerprint density at radius 2 is 2.21 bits per heavy atom. The Labute approximate surface area is 82.7 Å². The Morgan fingerprint density at radius 1 is 1.57 bits per heavy atom. The third-order valence-corrected chi connectivity index (χ3v) is 2.04. The smallest absolute Gasteiger partial charge is 0.331 e. The molecule has 0 atom stereocenters. The van der Waals surface area contributed by atoms with E-state index in [2.05, 4.69) is 16.6 Å². The molecule has 82 valence electrons. The molecule has 0 fully saturated rings. The molecule has 0 saturated heterocycles. The van der Waals surface area contributed by atoms with Crippen molar-refractivity contribution in [1.29, 1.82) is 0 Å². The molecule has 0 aromatic heterocycles. The van der Waals surface area contributed by atoms with Gasteiger partial charge in [0.15, 0.2) is 0 Å².